The molecule has 0 heterocycles. The summed E-state index contributed by atoms with van der Waals surface area (Å²) in [6.07, 6.45) is 0. The Morgan fingerprint density at radius 3 is 1.88 bits per heavy atom. The van der Waals surface area contributed by atoms with Crippen molar-refractivity contribution in [1.82, 2.24) is 0 Å². The lowest BCUT2D eigenvalue weighted by atomic mass is 10.1. The maximum absolute atomic E-state index is 6.05. The first kappa shape index (κ1) is 12.4. The lowest BCUT2D eigenvalue weighted by Gasteiger charge is -2.19. The Hall–Kier alpha value is -1.05. The second-order valence-electron chi connectivity index (χ2n) is 4.96. The molecule has 2 heteroatoms. The van der Waals surface area contributed by atoms with Gasteiger partial charge in [-0.05, 0) is 11.1 Å². The monoisotopic (exact) mass is 260 g/mol. The minimum absolute atomic E-state index is 0.775. The van der Waals surface area contributed by atoms with Crippen molar-refractivity contribution in [1.29, 1.82) is 0 Å². The molecule has 0 nitrogen and oxygen atoms in total. The fraction of sp³-hybridized carbons (Fsp3) is 0.200. The van der Waals surface area contributed by atoms with E-state index in [0.29, 0.717) is 0 Å². The van der Waals surface area contributed by atoms with Gasteiger partial charge in [0, 0.05) is 5.50 Å². The van der Waals surface area contributed by atoms with Crippen LogP contribution in [0, 0.1) is 0 Å². The molecular weight excluding hydrogens is 244 g/mol. The van der Waals surface area contributed by atoms with Gasteiger partial charge in [0.15, 0.2) is 0 Å². The van der Waals surface area contributed by atoms with E-state index in [1.54, 1.807) is 0 Å². The lowest BCUT2D eigenvalue weighted by Crippen LogP contribution is -2.43. The second kappa shape index (κ2) is 5.07. The molecule has 0 fully saturated rings. The van der Waals surface area contributed by atoms with Crippen LogP contribution in [0.3, 0.4) is 0 Å². The van der Waals surface area contributed by atoms with Gasteiger partial charge in [-0.25, -0.2) is 0 Å². The number of halogens is 1. The highest BCUT2D eigenvalue weighted by molar-refractivity contribution is 6.94. The maximum Gasteiger partial charge on any atom is 0.0959 e. The Labute approximate surface area is 109 Å². The summed E-state index contributed by atoms with van der Waals surface area (Å²) in [7, 11) is -1.41. The van der Waals surface area contributed by atoms with E-state index < -0.39 is 8.07 Å². The quantitative estimate of drug-likeness (QED) is 0.577. The van der Waals surface area contributed by atoms with Gasteiger partial charge in [-0.1, -0.05) is 72.9 Å². The minimum atomic E-state index is -1.41. The van der Waals surface area contributed by atoms with E-state index >= 15 is 0 Å². The molecule has 2 rings (SSSR count). The van der Waals surface area contributed by atoms with Crippen LogP contribution in [0.15, 0.2) is 54.6 Å². The van der Waals surface area contributed by atoms with Crippen LogP contribution in [-0.2, 0) is 0 Å². The fourth-order valence-electron chi connectivity index (χ4n) is 1.82. The highest BCUT2D eigenvalue weighted by Gasteiger charge is 2.21. The Morgan fingerprint density at radius 2 is 1.35 bits per heavy atom. The van der Waals surface area contributed by atoms with Crippen LogP contribution in [0.25, 0.3) is 11.1 Å². The van der Waals surface area contributed by atoms with Crippen molar-refractivity contribution in [2.45, 2.75) is 13.1 Å². The van der Waals surface area contributed by atoms with E-state index in [-0.39, 0.29) is 0 Å². The molecule has 0 N–H and O–H groups in total. The third-order valence-electron chi connectivity index (χ3n) is 3.11. The van der Waals surface area contributed by atoms with E-state index in [9.17, 15) is 0 Å². The second-order valence-corrected chi connectivity index (χ2v) is 10.4. The van der Waals surface area contributed by atoms with Gasteiger partial charge >= 0.3 is 0 Å². The van der Waals surface area contributed by atoms with Crippen LogP contribution in [0.1, 0.15) is 0 Å². The van der Waals surface area contributed by atoms with Crippen molar-refractivity contribution < 1.29 is 0 Å². The number of hydrogen-bond donors (Lipinski definition) is 0. The number of rotatable bonds is 3. The molecule has 0 amide bonds. The smallest absolute Gasteiger partial charge is 0.0959 e. The predicted octanol–water partition coefficient (Wildman–Crippen LogP) is 4.05. The molecule has 0 unspecified atom stereocenters. The zero-order valence-electron chi connectivity index (χ0n) is 10.3. The van der Waals surface area contributed by atoms with E-state index in [0.717, 1.165) is 5.50 Å². The van der Waals surface area contributed by atoms with Gasteiger partial charge in [0.25, 0.3) is 0 Å². The summed E-state index contributed by atoms with van der Waals surface area (Å²) in [5, 5.41) is 1.42. The first-order valence-electron chi connectivity index (χ1n) is 5.85. The molecular formula is C15H17ClSi. The summed E-state index contributed by atoms with van der Waals surface area (Å²) in [5.74, 6) is 0. The lowest BCUT2D eigenvalue weighted by molar-refractivity contribution is 1.61. The zero-order valence-corrected chi connectivity index (χ0v) is 12.0. The largest absolute Gasteiger partial charge is 0.130 e. The summed E-state index contributed by atoms with van der Waals surface area (Å²) >= 11 is 6.05. The van der Waals surface area contributed by atoms with Gasteiger partial charge < -0.3 is 0 Å². The molecule has 0 saturated heterocycles. The molecule has 0 radical (unpaired) electrons. The Kier molecular flexibility index (Phi) is 3.70. The van der Waals surface area contributed by atoms with Crippen molar-refractivity contribution in [3.05, 3.63) is 54.6 Å². The van der Waals surface area contributed by atoms with Crippen LogP contribution in [0.4, 0.5) is 0 Å². The summed E-state index contributed by atoms with van der Waals surface area (Å²) in [4.78, 5) is 0. The van der Waals surface area contributed by atoms with Gasteiger partial charge in [0.2, 0.25) is 0 Å². The molecule has 0 bridgehead atoms. The third kappa shape index (κ3) is 2.79. The average Bonchev–Trinajstić information content (AvgIpc) is 2.40. The van der Waals surface area contributed by atoms with Gasteiger partial charge in [-0.15, -0.1) is 11.6 Å². The number of alkyl halides is 1. The van der Waals surface area contributed by atoms with Crippen molar-refractivity contribution in [2.24, 2.45) is 0 Å². The van der Waals surface area contributed by atoms with Gasteiger partial charge in [-0.3, -0.25) is 0 Å². The van der Waals surface area contributed by atoms with E-state index in [4.69, 9.17) is 11.6 Å². The number of benzene rings is 2. The van der Waals surface area contributed by atoms with Crippen molar-refractivity contribution in [3.63, 3.8) is 0 Å². The Bertz CT molecular complexity index is 474. The summed E-state index contributed by atoms with van der Waals surface area (Å²) in [6, 6.07) is 19.3. The Balaban J connectivity index is 2.31. The minimum Gasteiger partial charge on any atom is -0.130 e. The fourth-order valence-corrected chi connectivity index (χ4v) is 3.51. The average molecular weight is 261 g/mol. The van der Waals surface area contributed by atoms with Crippen molar-refractivity contribution >= 4 is 24.9 Å². The standard InChI is InChI=1S/C15H17ClSi/c1-17(2,12-16)15-10-8-14(9-11-15)13-6-4-3-5-7-13/h3-11H,12H2,1-2H3. The first-order valence-corrected chi connectivity index (χ1v) is 9.59. The van der Waals surface area contributed by atoms with Crippen molar-refractivity contribution in [3.8, 4) is 11.1 Å². The highest BCUT2D eigenvalue weighted by atomic mass is 35.5. The molecule has 0 spiro atoms. The SMILES string of the molecule is C[Si](C)(CCl)c1ccc(-c2ccccc2)cc1. The normalized spacial score (nSPS) is 11.5. The molecule has 0 aliphatic heterocycles. The molecule has 0 saturated carbocycles. The van der Waals surface area contributed by atoms with Gasteiger partial charge in [0.1, 0.15) is 0 Å². The van der Waals surface area contributed by atoms with E-state index in [1.165, 1.54) is 16.3 Å². The topological polar surface area (TPSA) is 0 Å². The van der Waals surface area contributed by atoms with Crippen LogP contribution in [0.2, 0.25) is 13.1 Å². The van der Waals surface area contributed by atoms with Gasteiger partial charge in [-0.2, -0.15) is 0 Å². The summed E-state index contributed by atoms with van der Waals surface area (Å²) < 4.78 is 0. The predicted molar refractivity (Wildman–Crippen MR) is 79.7 cm³/mol. The van der Waals surface area contributed by atoms with Gasteiger partial charge in [0.05, 0.1) is 8.07 Å². The van der Waals surface area contributed by atoms with Crippen LogP contribution < -0.4 is 5.19 Å². The molecule has 17 heavy (non-hydrogen) atoms. The summed E-state index contributed by atoms with van der Waals surface area (Å²) in [5.41, 5.74) is 3.32. The molecule has 88 valence electrons. The molecule has 0 aliphatic rings. The Morgan fingerprint density at radius 1 is 0.824 bits per heavy atom. The molecule has 2 aromatic rings. The molecule has 0 atom stereocenters. The third-order valence-corrected chi connectivity index (χ3v) is 7.68. The first-order chi connectivity index (χ1) is 8.13. The van der Waals surface area contributed by atoms with E-state index in [2.05, 4.69) is 61.6 Å². The molecule has 0 aromatic heterocycles. The van der Waals surface area contributed by atoms with Crippen LogP contribution in [0.5, 0.6) is 0 Å². The van der Waals surface area contributed by atoms with E-state index in [1.807, 2.05) is 6.07 Å². The zero-order chi connectivity index (χ0) is 12.3. The molecule has 0 aliphatic carbocycles. The van der Waals surface area contributed by atoms with Crippen LogP contribution >= 0.6 is 11.6 Å². The van der Waals surface area contributed by atoms with Crippen LogP contribution in [-0.4, -0.2) is 13.6 Å². The highest BCUT2D eigenvalue weighted by Crippen LogP contribution is 2.18. The number of hydrogen-bond acceptors (Lipinski definition) is 0. The van der Waals surface area contributed by atoms with Crippen molar-refractivity contribution in [2.75, 3.05) is 5.50 Å². The summed E-state index contributed by atoms with van der Waals surface area (Å²) in [6.45, 7) is 4.61. The molecule has 2 aromatic carbocycles. The maximum atomic E-state index is 6.05.